The van der Waals surface area contributed by atoms with Crippen LogP contribution in [0, 0.1) is 6.92 Å². The summed E-state index contributed by atoms with van der Waals surface area (Å²) in [6.45, 7) is 4.94. The number of benzene rings is 1. The molecule has 0 aliphatic rings. The Morgan fingerprint density at radius 1 is 1.30 bits per heavy atom. The quantitative estimate of drug-likeness (QED) is 0.808. The highest BCUT2D eigenvalue weighted by atomic mass is 16.2. The number of hydrogen-bond acceptors (Lipinski definition) is 3. The molecular weight excluding hydrogens is 254 g/mol. The number of carbonyl (C=O) groups is 2. The molecule has 1 aromatic carbocycles. The first-order chi connectivity index (χ1) is 9.40. The van der Waals surface area contributed by atoms with Gasteiger partial charge < -0.3 is 15.5 Å². The van der Waals surface area contributed by atoms with Gasteiger partial charge in [-0.05, 0) is 40.1 Å². The number of hydrogen-bond donors (Lipinski definition) is 2. The fourth-order valence-electron chi connectivity index (χ4n) is 1.69. The van der Waals surface area contributed by atoms with Gasteiger partial charge in [-0.25, -0.2) is 0 Å². The minimum absolute atomic E-state index is 0.173. The van der Waals surface area contributed by atoms with Crippen molar-refractivity contribution < 1.29 is 9.59 Å². The van der Waals surface area contributed by atoms with Gasteiger partial charge in [-0.1, -0.05) is 17.7 Å². The van der Waals surface area contributed by atoms with Gasteiger partial charge in [-0.3, -0.25) is 9.59 Å². The number of carbonyl (C=O) groups excluding carboxylic acids is 2. The summed E-state index contributed by atoms with van der Waals surface area (Å²) in [4.78, 5) is 25.8. The minimum atomic E-state index is -0.551. The maximum atomic E-state index is 12.0. The first-order valence-corrected chi connectivity index (χ1v) is 6.70. The predicted octanol–water partition coefficient (Wildman–Crippen LogP) is 0.791. The summed E-state index contributed by atoms with van der Waals surface area (Å²) in [5.74, 6) is -0.406. The fraction of sp³-hybridized carbons (Fsp3) is 0.467. The van der Waals surface area contributed by atoms with Gasteiger partial charge in [0.25, 0.3) is 5.91 Å². The van der Waals surface area contributed by atoms with E-state index in [-0.39, 0.29) is 11.8 Å². The summed E-state index contributed by atoms with van der Waals surface area (Å²) in [6, 6.07) is 6.73. The summed E-state index contributed by atoms with van der Waals surface area (Å²) in [6.07, 6.45) is 0. The highest BCUT2D eigenvalue weighted by Crippen LogP contribution is 2.04. The van der Waals surface area contributed by atoms with Gasteiger partial charge in [0.15, 0.2) is 0 Å². The number of rotatable bonds is 6. The number of nitrogens with zero attached hydrogens (tertiary/aromatic N) is 1. The molecule has 1 aromatic rings. The molecule has 2 N–H and O–H groups in total. The molecule has 0 radical (unpaired) electrons. The second kappa shape index (κ2) is 7.65. The molecule has 2 amide bonds. The van der Waals surface area contributed by atoms with Crippen molar-refractivity contribution in [1.82, 2.24) is 15.5 Å². The van der Waals surface area contributed by atoms with Crippen molar-refractivity contribution in [2.24, 2.45) is 0 Å². The third-order valence-corrected chi connectivity index (χ3v) is 2.88. The average Bonchev–Trinajstić information content (AvgIpc) is 2.38. The molecule has 0 aliphatic heterocycles. The fourth-order valence-corrected chi connectivity index (χ4v) is 1.69. The molecule has 20 heavy (non-hydrogen) atoms. The van der Waals surface area contributed by atoms with Crippen molar-refractivity contribution in [2.75, 3.05) is 27.2 Å². The molecule has 0 aliphatic carbocycles. The SMILES string of the molecule is Cc1cccc(C(=O)N[C@@H](C)C(=O)NCCN(C)C)c1. The highest BCUT2D eigenvalue weighted by Gasteiger charge is 2.16. The molecule has 1 atom stereocenters. The van der Waals surface area contributed by atoms with Gasteiger partial charge in [0, 0.05) is 18.7 Å². The molecule has 0 fully saturated rings. The monoisotopic (exact) mass is 277 g/mol. The van der Waals surface area contributed by atoms with Crippen molar-refractivity contribution >= 4 is 11.8 Å². The molecule has 0 saturated carbocycles. The predicted molar refractivity (Wildman–Crippen MR) is 79.7 cm³/mol. The zero-order valence-corrected chi connectivity index (χ0v) is 12.6. The Morgan fingerprint density at radius 2 is 2.00 bits per heavy atom. The van der Waals surface area contributed by atoms with Crippen LogP contribution in [-0.2, 0) is 4.79 Å². The van der Waals surface area contributed by atoms with Crippen molar-refractivity contribution in [3.8, 4) is 0 Å². The van der Waals surface area contributed by atoms with E-state index < -0.39 is 6.04 Å². The first-order valence-electron chi connectivity index (χ1n) is 6.70. The van der Waals surface area contributed by atoms with E-state index in [1.807, 2.05) is 38.1 Å². The van der Waals surface area contributed by atoms with Crippen LogP contribution < -0.4 is 10.6 Å². The number of aryl methyl sites for hydroxylation is 1. The second-order valence-corrected chi connectivity index (χ2v) is 5.16. The van der Waals surface area contributed by atoms with Crippen molar-refractivity contribution in [3.05, 3.63) is 35.4 Å². The zero-order chi connectivity index (χ0) is 15.1. The van der Waals surface area contributed by atoms with E-state index in [4.69, 9.17) is 0 Å². The first kappa shape index (κ1) is 16.2. The van der Waals surface area contributed by atoms with E-state index in [1.165, 1.54) is 0 Å². The molecule has 5 nitrogen and oxygen atoms in total. The number of nitrogens with one attached hydrogen (secondary N) is 2. The van der Waals surface area contributed by atoms with Crippen molar-refractivity contribution in [1.29, 1.82) is 0 Å². The van der Waals surface area contributed by atoms with E-state index in [1.54, 1.807) is 19.1 Å². The van der Waals surface area contributed by atoms with E-state index >= 15 is 0 Å². The highest BCUT2D eigenvalue weighted by molar-refractivity contribution is 5.97. The smallest absolute Gasteiger partial charge is 0.251 e. The van der Waals surface area contributed by atoms with Crippen LogP contribution >= 0.6 is 0 Å². The van der Waals surface area contributed by atoms with Gasteiger partial charge in [0.1, 0.15) is 6.04 Å². The molecule has 0 aromatic heterocycles. The Morgan fingerprint density at radius 3 is 2.60 bits per heavy atom. The Kier molecular flexibility index (Phi) is 6.18. The van der Waals surface area contributed by atoms with E-state index in [2.05, 4.69) is 10.6 Å². The molecule has 0 saturated heterocycles. The van der Waals surface area contributed by atoms with Crippen LogP contribution in [0.4, 0.5) is 0 Å². The second-order valence-electron chi connectivity index (χ2n) is 5.16. The topological polar surface area (TPSA) is 61.4 Å². The van der Waals surface area contributed by atoms with E-state index in [0.29, 0.717) is 12.1 Å². The lowest BCUT2D eigenvalue weighted by atomic mass is 10.1. The van der Waals surface area contributed by atoms with Crippen LogP contribution in [0.3, 0.4) is 0 Å². The van der Waals surface area contributed by atoms with Gasteiger partial charge in [-0.2, -0.15) is 0 Å². The van der Waals surface area contributed by atoms with Gasteiger partial charge in [0.05, 0.1) is 0 Å². The van der Waals surface area contributed by atoms with Gasteiger partial charge in [0.2, 0.25) is 5.91 Å². The lowest BCUT2D eigenvalue weighted by Gasteiger charge is -2.15. The van der Waals surface area contributed by atoms with Crippen LogP contribution in [0.2, 0.25) is 0 Å². The van der Waals surface area contributed by atoms with E-state index in [9.17, 15) is 9.59 Å². The minimum Gasteiger partial charge on any atom is -0.353 e. The third kappa shape index (κ3) is 5.40. The average molecular weight is 277 g/mol. The zero-order valence-electron chi connectivity index (χ0n) is 12.6. The molecule has 0 bridgehead atoms. The summed E-state index contributed by atoms with van der Waals surface area (Å²) in [7, 11) is 3.88. The number of amides is 2. The lowest BCUT2D eigenvalue weighted by Crippen LogP contribution is -2.46. The van der Waals surface area contributed by atoms with Crippen LogP contribution in [0.15, 0.2) is 24.3 Å². The van der Waals surface area contributed by atoms with Gasteiger partial charge in [-0.15, -0.1) is 0 Å². The Balaban J connectivity index is 2.47. The summed E-state index contributed by atoms with van der Waals surface area (Å²) in [5, 5.41) is 5.48. The Hall–Kier alpha value is -1.88. The molecule has 0 unspecified atom stereocenters. The normalized spacial score (nSPS) is 12.1. The molecule has 1 rings (SSSR count). The van der Waals surface area contributed by atoms with Crippen LogP contribution in [0.1, 0.15) is 22.8 Å². The van der Waals surface area contributed by atoms with Crippen LogP contribution in [-0.4, -0.2) is 49.9 Å². The summed E-state index contributed by atoms with van der Waals surface area (Å²) < 4.78 is 0. The molecular formula is C15H23N3O2. The Labute approximate surface area is 120 Å². The molecule has 0 spiro atoms. The molecule has 110 valence electrons. The molecule has 0 heterocycles. The van der Waals surface area contributed by atoms with Gasteiger partial charge >= 0.3 is 0 Å². The third-order valence-electron chi connectivity index (χ3n) is 2.88. The standard InChI is InChI=1S/C15H23N3O2/c1-11-6-5-7-13(10-11)15(20)17-12(2)14(19)16-8-9-18(3)4/h5-7,10,12H,8-9H2,1-4H3,(H,16,19)(H,17,20)/t12-/m0/s1. The van der Waals surface area contributed by atoms with E-state index in [0.717, 1.165) is 12.1 Å². The molecule has 5 heteroatoms. The summed E-state index contributed by atoms with van der Waals surface area (Å²) >= 11 is 0. The number of likely N-dealkylation sites (N-methyl/N-ethyl adjacent to an activating group) is 1. The van der Waals surface area contributed by atoms with Crippen LogP contribution in [0.5, 0.6) is 0 Å². The van der Waals surface area contributed by atoms with Crippen LogP contribution in [0.25, 0.3) is 0 Å². The largest absolute Gasteiger partial charge is 0.353 e. The summed E-state index contributed by atoms with van der Waals surface area (Å²) in [5.41, 5.74) is 1.58. The maximum absolute atomic E-state index is 12.0. The maximum Gasteiger partial charge on any atom is 0.251 e. The lowest BCUT2D eigenvalue weighted by molar-refractivity contribution is -0.122. The van der Waals surface area contributed by atoms with Crippen molar-refractivity contribution in [3.63, 3.8) is 0 Å². The Bertz CT molecular complexity index is 472. The van der Waals surface area contributed by atoms with Crippen molar-refractivity contribution in [2.45, 2.75) is 19.9 Å².